The lowest BCUT2D eigenvalue weighted by Crippen LogP contribution is -2.21. The third-order valence-corrected chi connectivity index (χ3v) is 4.25. The molecule has 0 saturated heterocycles. The van der Waals surface area contributed by atoms with E-state index in [9.17, 15) is 4.79 Å². The summed E-state index contributed by atoms with van der Waals surface area (Å²) >= 11 is 9.33. The largest absolute Gasteiger partial charge is 0.280 e. The van der Waals surface area contributed by atoms with Gasteiger partial charge >= 0.3 is 0 Å². The summed E-state index contributed by atoms with van der Waals surface area (Å²) in [5.74, 6) is -0.139. The molecular weight excluding hydrogens is 364 g/mol. The summed E-state index contributed by atoms with van der Waals surface area (Å²) in [5.41, 5.74) is 2.91. The highest BCUT2D eigenvalue weighted by molar-refractivity contribution is 9.10. The summed E-state index contributed by atoms with van der Waals surface area (Å²) in [4.78, 5) is 12.6. The summed E-state index contributed by atoms with van der Waals surface area (Å²) in [6.07, 6.45) is 1.83. The SMILES string of the molecule is CC1=NN(c2ccccc2Br)C(=O)/C1=C\c1ccc(Cl)cc1. The van der Waals surface area contributed by atoms with Gasteiger partial charge in [0.05, 0.1) is 17.0 Å². The quantitative estimate of drug-likeness (QED) is 0.687. The van der Waals surface area contributed by atoms with Gasteiger partial charge in [0.2, 0.25) is 0 Å². The molecule has 0 bridgehead atoms. The molecular formula is C17H12BrClN2O. The molecule has 110 valence electrons. The maximum atomic E-state index is 12.6. The van der Waals surface area contributed by atoms with Gasteiger partial charge in [0, 0.05) is 9.50 Å². The number of carbonyl (C=O) groups is 1. The molecule has 22 heavy (non-hydrogen) atoms. The van der Waals surface area contributed by atoms with Crippen molar-refractivity contribution >= 4 is 50.9 Å². The van der Waals surface area contributed by atoms with Crippen LogP contribution in [0.4, 0.5) is 5.69 Å². The lowest BCUT2D eigenvalue weighted by Gasteiger charge is -2.13. The van der Waals surface area contributed by atoms with Crippen LogP contribution < -0.4 is 5.01 Å². The van der Waals surface area contributed by atoms with Gasteiger partial charge < -0.3 is 0 Å². The first kappa shape index (κ1) is 15.0. The van der Waals surface area contributed by atoms with Crippen LogP contribution in [0.2, 0.25) is 5.02 Å². The van der Waals surface area contributed by atoms with Crippen molar-refractivity contribution in [1.82, 2.24) is 0 Å². The molecule has 0 radical (unpaired) electrons. The van der Waals surface area contributed by atoms with E-state index >= 15 is 0 Å². The Labute approximate surface area is 142 Å². The zero-order valence-corrected chi connectivity index (χ0v) is 14.1. The number of anilines is 1. The lowest BCUT2D eigenvalue weighted by atomic mass is 10.1. The summed E-state index contributed by atoms with van der Waals surface area (Å²) < 4.78 is 0.827. The first-order chi connectivity index (χ1) is 10.6. The molecule has 0 atom stereocenters. The Morgan fingerprint density at radius 1 is 1.14 bits per heavy atom. The van der Waals surface area contributed by atoms with Gasteiger partial charge in [-0.05, 0) is 58.8 Å². The second-order valence-electron chi connectivity index (χ2n) is 4.86. The number of hydrazone groups is 1. The molecule has 1 aliphatic heterocycles. The Hall–Kier alpha value is -1.91. The van der Waals surface area contributed by atoms with Crippen LogP contribution in [0.15, 0.2) is 63.7 Å². The second-order valence-corrected chi connectivity index (χ2v) is 6.15. The molecule has 1 amide bonds. The Kier molecular flexibility index (Phi) is 4.14. The van der Waals surface area contributed by atoms with Crippen molar-refractivity contribution in [3.8, 4) is 0 Å². The van der Waals surface area contributed by atoms with Crippen LogP contribution in [0, 0.1) is 0 Å². The number of amides is 1. The molecule has 1 heterocycles. The normalized spacial score (nSPS) is 16.3. The van der Waals surface area contributed by atoms with Crippen LogP contribution in [-0.2, 0) is 4.79 Å². The second kappa shape index (κ2) is 6.07. The number of hydrogen-bond acceptors (Lipinski definition) is 2. The number of hydrogen-bond donors (Lipinski definition) is 0. The molecule has 0 saturated carbocycles. The molecule has 1 aliphatic rings. The van der Waals surface area contributed by atoms with Gasteiger partial charge in [0.15, 0.2) is 0 Å². The smallest absolute Gasteiger partial charge is 0.267 e. The minimum Gasteiger partial charge on any atom is -0.267 e. The molecule has 0 spiro atoms. The Bertz CT molecular complexity index is 797. The van der Waals surface area contributed by atoms with E-state index < -0.39 is 0 Å². The molecule has 2 aromatic rings. The van der Waals surface area contributed by atoms with Crippen molar-refractivity contribution in [2.75, 3.05) is 5.01 Å². The monoisotopic (exact) mass is 374 g/mol. The molecule has 3 rings (SSSR count). The zero-order valence-electron chi connectivity index (χ0n) is 11.8. The lowest BCUT2D eigenvalue weighted by molar-refractivity contribution is -0.114. The number of halogens is 2. The fraction of sp³-hybridized carbons (Fsp3) is 0.0588. The van der Waals surface area contributed by atoms with E-state index in [4.69, 9.17) is 11.6 Å². The predicted molar refractivity (Wildman–Crippen MR) is 94.2 cm³/mol. The van der Waals surface area contributed by atoms with E-state index in [-0.39, 0.29) is 5.91 Å². The van der Waals surface area contributed by atoms with E-state index in [0.717, 1.165) is 15.7 Å². The molecule has 0 aliphatic carbocycles. The van der Waals surface area contributed by atoms with Gasteiger partial charge in [-0.15, -0.1) is 0 Å². The Morgan fingerprint density at radius 2 is 1.82 bits per heavy atom. The Morgan fingerprint density at radius 3 is 2.50 bits per heavy atom. The van der Waals surface area contributed by atoms with Crippen molar-refractivity contribution < 1.29 is 4.79 Å². The molecule has 3 nitrogen and oxygen atoms in total. The van der Waals surface area contributed by atoms with Gasteiger partial charge in [-0.3, -0.25) is 4.79 Å². The van der Waals surface area contributed by atoms with Crippen LogP contribution in [0.3, 0.4) is 0 Å². The van der Waals surface area contributed by atoms with Gasteiger partial charge in [0.1, 0.15) is 0 Å². The van der Waals surface area contributed by atoms with Crippen LogP contribution >= 0.6 is 27.5 Å². The molecule has 0 fully saturated rings. The van der Waals surface area contributed by atoms with E-state index in [0.29, 0.717) is 16.3 Å². The first-order valence-corrected chi connectivity index (χ1v) is 7.85. The number of benzene rings is 2. The highest BCUT2D eigenvalue weighted by Gasteiger charge is 2.29. The highest BCUT2D eigenvalue weighted by atomic mass is 79.9. The van der Waals surface area contributed by atoms with Gasteiger partial charge in [0.25, 0.3) is 5.91 Å². The molecule has 0 aromatic heterocycles. The van der Waals surface area contributed by atoms with Crippen molar-refractivity contribution in [2.24, 2.45) is 5.10 Å². The van der Waals surface area contributed by atoms with Crippen molar-refractivity contribution in [1.29, 1.82) is 0 Å². The highest BCUT2D eigenvalue weighted by Crippen LogP contribution is 2.31. The third-order valence-electron chi connectivity index (χ3n) is 3.32. The average Bonchev–Trinajstić information content (AvgIpc) is 2.78. The maximum absolute atomic E-state index is 12.6. The number of rotatable bonds is 2. The topological polar surface area (TPSA) is 32.7 Å². The van der Waals surface area contributed by atoms with E-state index in [1.165, 1.54) is 5.01 Å². The van der Waals surface area contributed by atoms with Gasteiger partial charge in [-0.25, -0.2) is 0 Å². The first-order valence-electron chi connectivity index (χ1n) is 6.68. The minimum atomic E-state index is -0.139. The van der Waals surface area contributed by atoms with Crippen LogP contribution in [-0.4, -0.2) is 11.6 Å². The van der Waals surface area contributed by atoms with E-state index in [1.807, 2.05) is 49.4 Å². The minimum absolute atomic E-state index is 0.139. The molecule has 0 unspecified atom stereocenters. The van der Waals surface area contributed by atoms with E-state index in [1.54, 1.807) is 12.1 Å². The van der Waals surface area contributed by atoms with Crippen molar-refractivity contribution in [3.63, 3.8) is 0 Å². The summed E-state index contributed by atoms with van der Waals surface area (Å²) in [7, 11) is 0. The fourth-order valence-electron chi connectivity index (χ4n) is 2.20. The average molecular weight is 376 g/mol. The predicted octanol–water partition coefficient (Wildman–Crippen LogP) is 4.91. The van der Waals surface area contributed by atoms with Gasteiger partial charge in [-0.2, -0.15) is 10.1 Å². The number of nitrogens with zero attached hydrogens (tertiary/aromatic N) is 2. The van der Waals surface area contributed by atoms with Crippen molar-refractivity contribution in [2.45, 2.75) is 6.92 Å². The molecule has 0 N–H and O–H groups in total. The standard InChI is InChI=1S/C17H12BrClN2O/c1-11-14(10-12-6-8-13(19)9-7-12)17(22)21(20-11)16-5-3-2-4-15(16)18/h2-10H,1H3/b14-10-. The van der Waals surface area contributed by atoms with Crippen LogP contribution in [0.5, 0.6) is 0 Å². The molecule has 2 aromatic carbocycles. The number of carbonyl (C=O) groups excluding carboxylic acids is 1. The van der Waals surface area contributed by atoms with Gasteiger partial charge in [-0.1, -0.05) is 35.9 Å². The summed E-state index contributed by atoms with van der Waals surface area (Å²) in [6, 6.07) is 14.8. The van der Waals surface area contributed by atoms with E-state index in [2.05, 4.69) is 21.0 Å². The third kappa shape index (κ3) is 2.85. The fourth-order valence-corrected chi connectivity index (χ4v) is 2.78. The zero-order chi connectivity index (χ0) is 15.7. The number of para-hydroxylation sites is 1. The maximum Gasteiger partial charge on any atom is 0.280 e. The van der Waals surface area contributed by atoms with Crippen molar-refractivity contribution in [3.05, 3.63) is 69.2 Å². The summed E-state index contributed by atoms with van der Waals surface area (Å²) in [6.45, 7) is 1.83. The Balaban J connectivity index is 1.97. The van der Waals surface area contributed by atoms with Crippen LogP contribution in [0.25, 0.3) is 6.08 Å². The summed E-state index contributed by atoms with van der Waals surface area (Å²) in [5, 5.41) is 6.46. The van der Waals surface area contributed by atoms with Crippen LogP contribution in [0.1, 0.15) is 12.5 Å². The molecule has 5 heteroatoms.